The summed E-state index contributed by atoms with van der Waals surface area (Å²) < 4.78 is 36.3. The van der Waals surface area contributed by atoms with Crippen molar-refractivity contribution < 1.29 is 22.7 Å². The molecule has 0 saturated heterocycles. The van der Waals surface area contributed by atoms with Crippen molar-refractivity contribution in [3.63, 3.8) is 0 Å². The van der Waals surface area contributed by atoms with Crippen molar-refractivity contribution in [2.75, 3.05) is 31.3 Å². The quantitative estimate of drug-likeness (QED) is 0.701. The second-order valence-electron chi connectivity index (χ2n) is 5.87. The number of sulfonamides is 1. The number of ether oxygens (including phenoxy) is 2. The van der Waals surface area contributed by atoms with Gasteiger partial charge >= 0.3 is 0 Å². The molecule has 0 saturated carbocycles. The maximum absolute atomic E-state index is 12.9. The maximum atomic E-state index is 12.9. The lowest BCUT2D eigenvalue weighted by atomic mass is 10.1. The minimum Gasteiger partial charge on any atom is -0.493 e. The van der Waals surface area contributed by atoms with Crippen LogP contribution in [-0.4, -0.2) is 41.3 Å². The molecule has 2 rings (SSSR count). The second kappa shape index (κ2) is 9.16. The molecule has 0 radical (unpaired) electrons. The van der Waals surface area contributed by atoms with Gasteiger partial charge in [-0.05, 0) is 24.6 Å². The number of methoxy groups -OCH3 is 2. The molecule has 0 atom stereocenters. The van der Waals surface area contributed by atoms with E-state index in [2.05, 4.69) is 5.32 Å². The molecule has 7 nitrogen and oxygen atoms in total. The Bertz CT molecular complexity index is 963. The van der Waals surface area contributed by atoms with E-state index in [1.165, 1.54) is 40.3 Å². The van der Waals surface area contributed by atoms with E-state index in [1.807, 2.05) is 6.07 Å². The third-order valence-electron chi connectivity index (χ3n) is 4.27. The monoisotopic (exact) mass is 426 g/mol. The van der Waals surface area contributed by atoms with Gasteiger partial charge in [0.2, 0.25) is 10.0 Å². The van der Waals surface area contributed by atoms with E-state index in [4.69, 9.17) is 21.1 Å². The fraction of sp³-hybridized carbons (Fsp3) is 0.316. The predicted molar refractivity (Wildman–Crippen MR) is 110 cm³/mol. The van der Waals surface area contributed by atoms with E-state index in [0.717, 1.165) is 9.87 Å². The summed E-state index contributed by atoms with van der Waals surface area (Å²) in [5, 5.41) is 3.30. The van der Waals surface area contributed by atoms with Gasteiger partial charge in [0, 0.05) is 24.7 Å². The third kappa shape index (κ3) is 4.69. The molecule has 0 heterocycles. The van der Waals surface area contributed by atoms with Crippen molar-refractivity contribution in [1.82, 2.24) is 5.32 Å². The van der Waals surface area contributed by atoms with E-state index in [1.54, 1.807) is 18.2 Å². The Morgan fingerprint density at radius 3 is 2.32 bits per heavy atom. The zero-order valence-electron chi connectivity index (χ0n) is 16.2. The van der Waals surface area contributed by atoms with Gasteiger partial charge in [0.05, 0.1) is 31.2 Å². The van der Waals surface area contributed by atoms with Gasteiger partial charge in [-0.2, -0.15) is 0 Å². The molecule has 0 aliphatic rings. The number of hydrogen-bond acceptors (Lipinski definition) is 5. The van der Waals surface area contributed by atoms with Crippen molar-refractivity contribution in [3.05, 3.63) is 52.5 Å². The van der Waals surface area contributed by atoms with E-state index in [0.29, 0.717) is 16.5 Å². The summed E-state index contributed by atoms with van der Waals surface area (Å²) in [6, 6.07) is 10.1. The number of amides is 1. The van der Waals surface area contributed by atoms with Crippen LogP contribution in [0.4, 0.5) is 5.69 Å². The van der Waals surface area contributed by atoms with Crippen molar-refractivity contribution >= 4 is 33.2 Å². The van der Waals surface area contributed by atoms with Crippen LogP contribution in [0.2, 0.25) is 5.02 Å². The summed E-state index contributed by atoms with van der Waals surface area (Å²) in [6.07, 6.45) is 0. The van der Waals surface area contributed by atoms with Crippen molar-refractivity contribution in [2.45, 2.75) is 13.5 Å². The van der Waals surface area contributed by atoms with Crippen molar-refractivity contribution in [1.29, 1.82) is 0 Å². The first-order chi connectivity index (χ1) is 13.2. The Labute approximate surface area is 170 Å². The van der Waals surface area contributed by atoms with Crippen LogP contribution in [0.25, 0.3) is 0 Å². The van der Waals surface area contributed by atoms with Crippen molar-refractivity contribution in [2.24, 2.45) is 0 Å². The van der Waals surface area contributed by atoms with Crippen LogP contribution in [0.3, 0.4) is 0 Å². The smallest absolute Gasteiger partial charge is 0.253 e. The van der Waals surface area contributed by atoms with E-state index >= 15 is 0 Å². The summed E-state index contributed by atoms with van der Waals surface area (Å²) >= 11 is 6.13. The summed E-state index contributed by atoms with van der Waals surface area (Å²) in [6.45, 7) is 1.72. The zero-order chi connectivity index (χ0) is 20.9. The van der Waals surface area contributed by atoms with E-state index < -0.39 is 15.9 Å². The number of rotatable bonds is 8. The Morgan fingerprint density at radius 1 is 1.14 bits per heavy atom. The number of benzene rings is 2. The van der Waals surface area contributed by atoms with Gasteiger partial charge < -0.3 is 14.8 Å². The molecular formula is C19H23ClN2O5S. The molecule has 1 amide bonds. The maximum Gasteiger partial charge on any atom is 0.253 e. The standard InChI is InChI=1S/C19H23ClN2O5S/c1-5-28(24,25)22(2)16-11-18(27-4)17(26-3)10-14(16)19(23)21-12-13-8-6-7-9-15(13)20/h6-11H,5,12H2,1-4H3,(H,21,23). The van der Waals surface area contributed by atoms with Crippen LogP contribution in [0.15, 0.2) is 36.4 Å². The number of nitrogens with one attached hydrogen (secondary N) is 1. The Morgan fingerprint density at radius 2 is 1.75 bits per heavy atom. The highest BCUT2D eigenvalue weighted by Gasteiger charge is 2.25. The molecule has 152 valence electrons. The number of anilines is 1. The first-order valence-electron chi connectivity index (χ1n) is 8.49. The Hall–Kier alpha value is -2.45. The lowest BCUT2D eigenvalue weighted by molar-refractivity contribution is 0.0951. The van der Waals surface area contributed by atoms with Gasteiger partial charge in [-0.3, -0.25) is 9.10 Å². The molecular weight excluding hydrogens is 404 g/mol. The SMILES string of the molecule is CCS(=O)(=O)N(C)c1cc(OC)c(OC)cc1C(=O)NCc1ccccc1Cl. The lowest BCUT2D eigenvalue weighted by Gasteiger charge is -2.23. The second-order valence-corrected chi connectivity index (χ2v) is 8.56. The van der Waals surface area contributed by atoms with E-state index in [9.17, 15) is 13.2 Å². The molecule has 0 unspecified atom stereocenters. The van der Waals surface area contributed by atoms with Gasteiger partial charge in [-0.15, -0.1) is 0 Å². The highest BCUT2D eigenvalue weighted by Crippen LogP contribution is 2.36. The molecule has 0 aliphatic carbocycles. The van der Waals surface area contributed by atoms with Crippen LogP contribution >= 0.6 is 11.6 Å². The third-order valence-corrected chi connectivity index (χ3v) is 6.39. The Balaban J connectivity index is 2.45. The summed E-state index contributed by atoms with van der Waals surface area (Å²) in [4.78, 5) is 12.9. The molecule has 2 aromatic carbocycles. The lowest BCUT2D eigenvalue weighted by Crippen LogP contribution is -2.31. The molecule has 0 fully saturated rings. The minimum atomic E-state index is -3.59. The van der Waals surface area contributed by atoms with Crippen LogP contribution in [-0.2, 0) is 16.6 Å². The Kier molecular flexibility index (Phi) is 7.15. The van der Waals surface area contributed by atoms with Crippen LogP contribution in [0.1, 0.15) is 22.8 Å². The summed E-state index contributed by atoms with van der Waals surface area (Å²) in [5.74, 6) is 0.0576. The zero-order valence-corrected chi connectivity index (χ0v) is 17.7. The fourth-order valence-corrected chi connectivity index (χ4v) is 3.61. The average Bonchev–Trinajstić information content (AvgIpc) is 2.71. The molecule has 0 bridgehead atoms. The fourth-order valence-electron chi connectivity index (χ4n) is 2.57. The molecule has 0 spiro atoms. The number of halogens is 1. The predicted octanol–water partition coefficient (Wildman–Crippen LogP) is 3.07. The number of hydrogen-bond donors (Lipinski definition) is 1. The minimum absolute atomic E-state index is 0.113. The van der Waals surface area contributed by atoms with Crippen LogP contribution in [0, 0.1) is 0 Å². The van der Waals surface area contributed by atoms with Gasteiger partial charge in [0.25, 0.3) is 5.91 Å². The molecule has 2 aromatic rings. The van der Waals surface area contributed by atoms with Gasteiger partial charge in [0.15, 0.2) is 11.5 Å². The van der Waals surface area contributed by atoms with Crippen molar-refractivity contribution in [3.8, 4) is 11.5 Å². The number of nitrogens with zero attached hydrogens (tertiary/aromatic N) is 1. The van der Waals surface area contributed by atoms with Crippen LogP contribution < -0.4 is 19.1 Å². The topological polar surface area (TPSA) is 84.9 Å². The highest BCUT2D eigenvalue weighted by atomic mass is 35.5. The normalized spacial score (nSPS) is 11.0. The summed E-state index contributed by atoms with van der Waals surface area (Å²) in [7, 11) is 0.682. The molecule has 28 heavy (non-hydrogen) atoms. The first-order valence-corrected chi connectivity index (χ1v) is 10.5. The van der Waals surface area contributed by atoms with Gasteiger partial charge in [-0.1, -0.05) is 29.8 Å². The van der Waals surface area contributed by atoms with E-state index in [-0.39, 0.29) is 23.5 Å². The van der Waals surface area contributed by atoms with Gasteiger partial charge in [-0.25, -0.2) is 8.42 Å². The molecule has 0 aliphatic heterocycles. The molecule has 9 heteroatoms. The number of carbonyl (C=O) groups excluding carboxylic acids is 1. The molecule has 0 aromatic heterocycles. The first kappa shape index (κ1) is 21.8. The summed E-state index contributed by atoms with van der Waals surface area (Å²) in [5.41, 5.74) is 1.08. The highest BCUT2D eigenvalue weighted by molar-refractivity contribution is 7.92. The number of carbonyl (C=O) groups is 1. The average molecular weight is 427 g/mol. The largest absolute Gasteiger partial charge is 0.493 e. The molecule has 1 N–H and O–H groups in total. The van der Waals surface area contributed by atoms with Gasteiger partial charge in [0.1, 0.15) is 0 Å². The van der Waals surface area contributed by atoms with Crippen LogP contribution in [0.5, 0.6) is 11.5 Å².